The lowest BCUT2D eigenvalue weighted by atomic mass is 10.1. The third-order valence-electron chi connectivity index (χ3n) is 2.91. The number of halogens is 2. The zero-order valence-electron chi connectivity index (χ0n) is 11.5. The van der Waals surface area contributed by atoms with Crippen LogP contribution >= 0.6 is 11.6 Å². The third-order valence-corrected chi connectivity index (χ3v) is 3.26. The van der Waals surface area contributed by atoms with Gasteiger partial charge in [-0.05, 0) is 36.8 Å². The predicted octanol–water partition coefficient (Wildman–Crippen LogP) is 4.27. The average molecular weight is 308 g/mol. The standard InChI is InChI=1S/C16H15ClFNO2/c1-2-21-16(20)13-5-3-4-6-15(13)19-10-11-7-8-12(18)9-14(11)17/h3-9,19H,2,10H2,1H3. The molecule has 2 rings (SSSR count). The minimum absolute atomic E-state index is 0.316. The van der Waals surface area contributed by atoms with Gasteiger partial charge in [-0.3, -0.25) is 0 Å². The summed E-state index contributed by atoms with van der Waals surface area (Å²) in [6.07, 6.45) is 0. The van der Waals surface area contributed by atoms with Gasteiger partial charge in [-0.2, -0.15) is 0 Å². The van der Waals surface area contributed by atoms with Gasteiger partial charge in [0.15, 0.2) is 0 Å². The van der Waals surface area contributed by atoms with Crippen LogP contribution in [-0.2, 0) is 11.3 Å². The molecular weight excluding hydrogens is 293 g/mol. The van der Waals surface area contributed by atoms with Crippen molar-refractivity contribution in [3.8, 4) is 0 Å². The number of carbonyl (C=O) groups is 1. The molecule has 110 valence electrons. The smallest absolute Gasteiger partial charge is 0.340 e. The molecule has 0 amide bonds. The molecule has 0 saturated heterocycles. The first-order valence-corrected chi connectivity index (χ1v) is 6.93. The summed E-state index contributed by atoms with van der Waals surface area (Å²) in [6.45, 7) is 2.46. The average Bonchev–Trinajstić information content (AvgIpc) is 2.47. The first-order chi connectivity index (χ1) is 10.1. The molecule has 0 aliphatic carbocycles. The fourth-order valence-corrected chi connectivity index (χ4v) is 2.11. The van der Waals surface area contributed by atoms with Gasteiger partial charge in [-0.15, -0.1) is 0 Å². The molecule has 0 spiro atoms. The van der Waals surface area contributed by atoms with E-state index in [2.05, 4.69) is 5.32 Å². The molecule has 0 fully saturated rings. The van der Waals surface area contributed by atoms with E-state index in [-0.39, 0.29) is 11.8 Å². The van der Waals surface area contributed by atoms with Crippen molar-refractivity contribution in [1.82, 2.24) is 0 Å². The molecule has 0 unspecified atom stereocenters. The number of carbonyl (C=O) groups excluding carboxylic acids is 1. The highest BCUT2D eigenvalue weighted by molar-refractivity contribution is 6.31. The van der Waals surface area contributed by atoms with E-state index in [4.69, 9.17) is 16.3 Å². The molecule has 3 nitrogen and oxygen atoms in total. The monoisotopic (exact) mass is 307 g/mol. The van der Waals surface area contributed by atoms with Gasteiger partial charge in [0.2, 0.25) is 0 Å². The van der Waals surface area contributed by atoms with Crippen molar-refractivity contribution in [3.63, 3.8) is 0 Å². The number of hydrogen-bond donors (Lipinski definition) is 1. The van der Waals surface area contributed by atoms with Gasteiger partial charge < -0.3 is 10.1 Å². The number of nitrogens with one attached hydrogen (secondary N) is 1. The van der Waals surface area contributed by atoms with Crippen LogP contribution in [-0.4, -0.2) is 12.6 Å². The molecule has 2 aromatic rings. The Morgan fingerprint density at radius 3 is 2.76 bits per heavy atom. The van der Waals surface area contributed by atoms with Crippen molar-refractivity contribution in [3.05, 3.63) is 64.4 Å². The number of benzene rings is 2. The van der Waals surface area contributed by atoms with Crippen LogP contribution in [0.2, 0.25) is 5.02 Å². The molecule has 0 heterocycles. The van der Waals surface area contributed by atoms with Crippen LogP contribution in [0.25, 0.3) is 0 Å². The number of para-hydroxylation sites is 1. The molecule has 0 aliphatic rings. The van der Waals surface area contributed by atoms with Crippen molar-refractivity contribution >= 4 is 23.3 Å². The quantitative estimate of drug-likeness (QED) is 0.838. The van der Waals surface area contributed by atoms with Crippen molar-refractivity contribution in [2.75, 3.05) is 11.9 Å². The lowest BCUT2D eigenvalue weighted by Gasteiger charge is -2.12. The zero-order valence-corrected chi connectivity index (χ0v) is 12.3. The van der Waals surface area contributed by atoms with Crippen LogP contribution in [0.5, 0.6) is 0 Å². The molecule has 2 aromatic carbocycles. The van der Waals surface area contributed by atoms with Crippen LogP contribution in [0.15, 0.2) is 42.5 Å². The molecule has 0 atom stereocenters. The van der Waals surface area contributed by atoms with Gasteiger partial charge in [0.25, 0.3) is 0 Å². The second-order valence-electron chi connectivity index (χ2n) is 4.36. The van der Waals surface area contributed by atoms with Gasteiger partial charge in [-0.1, -0.05) is 29.8 Å². The van der Waals surface area contributed by atoms with Crippen molar-refractivity contribution < 1.29 is 13.9 Å². The van der Waals surface area contributed by atoms with E-state index in [1.807, 2.05) is 6.07 Å². The third kappa shape index (κ3) is 3.95. The summed E-state index contributed by atoms with van der Waals surface area (Å²) in [5, 5.41) is 3.47. The van der Waals surface area contributed by atoms with Gasteiger partial charge in [0.05, 0.1) is 12.2 Å². The Labute approximate surface area is 127 Å². The Kier molecular flexibility index (Phi) is 5.17. The van der Waals surface area contributed by atoms with E-state index in [9.17, 15) is 9.18 Å². The Bertz CT molecular complexity index is 646. The summed E-state index contributed by atoms with van der Waals surface area (Å²) >= 11 is 5.98. The number of ether oxygens (including phenoxy) is 1. The SMILES string of the molecule is CCOC(=O)c1ccccc1NCc1ccc(F)cc1Cl. The molecule has 0 saturated carbocycles. The minimum Gasteiger partial charge on any atom is -0.462 e. The van der Waals surface area contributed by atoms with Gasteiger partial charge in [0, 0.05) is 17.3 Å². The van der Waals surface area contributed by atoms with Crippen LogP contribution < -0.4 is 5.32 Å². The summed E-state index contributed by atoms with van der Waals surface area (Å²) in [6, 6.07) is 11.3. The molecule has 0 aromatic heterocycles. The fourth-order valence-electron chi connectivity index (χ4n) is 1.88. The Hall–Kier alpha value is -2.07. The molecule has 0 bridgehead atoms. The summed E-state index contributed by atoms with van der Waals surface area (Å²) in [5.74, 6) is -0.763. The normalized spacial score (nSPS) is 10.2. The van der Waals surface area contributed by atoms with E-state index in [1.165, 1.54) is 12.1 Å². The van der Waals surface area contributed by atoms with E-state index >= 15 is 0 Å². The van der Waals surface area contributed by atoms with Crippen molar-refractivity contribution in [2.45, 2.75) is 13.5 Å². The molecule has 0 radical (unpaired) electrons. The number of esters is 1. The zero-order chi connectivity index (χ0) is 15.2. The van der Waals surface area contributed by atoms with E-state index < -0.39 is 0 Å². The van der Waals surface area contributed by atoms with E-state index in [0.717, 1.165) is 5.56 Å². The number of anilines is 1. The van der Waals surface area contributed by atoms with Crippen molar-refractivity contribution in [1.29, 1.82) is 0 Å². The Balaban J connectivity index is 2.14. The highest BCUT2D eigenvalue weighted by Gasteiger charge is 2.12. The molecule has 5 heteroatoms. The minimum atomic E-state index is -0.384. The van der Waals surface area contributed by atoms with Crippen LogP contribution in [0.4, 0.5) is 10.1 Å². The molecule has 0 aliphatic heterocycles. The second kappa shape index (κ2) is 7.09. The lowest BCUT2D eigenvalue weighted by molar-refractivity contribution is 0.0527. The predicted molar refractivity (Wildman–Crippen MR) is 81.1 cm³/mol. The van der Waals surface area contributed by atoms with Gasteiger partial charge in [0.1, 0.15) is 5.82 Å². The summed E-state index contributed by atoms with van der Waals surface area (Å²) < 4.78 is 18.0. The maximum Gasteiger partial charge on any atom is 0.340 e. The second-order valence-corrected chi connectivity index (χ2v) is 4.76. The van der Waals surface area contributed by atoms with Crippen LogP contribution in [0.1, 0.15) is 22.8 Å². The lowest BCUT2D eigenvalue weighted by Crippen LogP contribution is -2.10. The van der Waals surface area contributed by atoms with E-state index in [1.54, 1.807) is 31.2 Å². The Morgan fingerprint density at radius 1 is 1.29 bits per heavy atom. The Morgan fingerprint density at radius 2 is 2.05 bits per heavy atom. The highest BCUT2D eigenvalue weighted by atomic mass is 35.5. The van der Waals surface area contributed by atoms with E-state index in [0.29, 0.717) is 29.4 Å². The van der Waals surface area contributed by atoms with Crippen LogP contribution in [0, 0.1) is 5.82 Å². The van der Waals surface area contributed by atoms with Crippen LogP contribution in [0.3, 0.4) is 0 Å². The summed E-state index contributed by atoms with van der Waals surface area (Å²) in [7, 11) is 0. The number of rotatable bonds is 5. The topological polar surface area (TPSA) is 38.3 Å². The highest BCUT2D eigenvalue weighted by Crippen LogP contribution is 2.21. The van der Waals surface area contributed by atoms with Crippen molar-refractivity contribution in [2.24, 2.45) is 0 Å². The molecule has 1 N–H and O–H groups in total. The first kappa shape index (κ1) is 15.3. The fraction of sp³-hybridized carbons (Fsp3) is 0.188. The molecule has 21 heavy (non-hydrogen) atoms. The van der Waals surface area contributed by atoms with Gasteiger partial charge >= 0.3 is 5.97 Å². The maximum absolute atomic E-state index is 13.0. The number of hydrogen-bond acceptors (Lipinski definition) is 3. The largest absolute Gasteiger partial charge is 0.462 e. The van der Waals surface area contributed by atoms with Gasteiger partial charge in [-0.25, -0.2) is 9.18 Å². The maximum atomic E-state index is 13.0. The summed E-state index contributed by atoms with van der Waals surface area (Å²) in [5.41, 5.74) is 1.85. The molecular formula is C16H15ClFNO2. The first-order valence-electron chi connectivity index (χ1n) is 6.55. The summed E-state index contributed by atoms with van der Waals surface area (Å²) in [4.78, 5) is 11.9.